The Kier molecular flexibility index (Phi) is 4.66. The Morgan fingerprint density at radius 1 is 1.44 bits per heavy atom. The van der Waals surface area contributed by atoms with Crippen molar-refractivity contribution in [3.63, 3.8) is 0 Å². The molecule has 0 aliphatic carbocycles. The number of nitrogens with zero attached hydrogens (tertiary/aromatic N) is 1. The molecule has 0 aromatic heterocycles. The zero-order chi connectivity index (χ0) is 13.0. The van der Waals surface area contributed by atoms with Crippen LogP contribution in [0.1, 0.15) is 13.8 Å². The molecular formula is C14H20N2OS. The molecule has 1 aromatic carbocycles. The lowest BCUT2D eigenvalue weighted by molar-refractivity contribution is -0.133. The summed E-state index contributed by atoms with van der Waals surface area (Å²) in [7, 11) is 0. The van der Waals surface area contributed by atoms with Gasteiger partial charge in [0.05, 0.1) is 5.25 Å². The zero-order valence-electron chi connectivity index (χ0n) is 10.9. The van der Waals surface area contributed by atoms with Gasteiger partial charge in [0.1, 0.15) is 0 Å². The Bertz CT molecular complexity index is 396. The molecule has 0 bridgehead atoms. The molecule has 1 heterocycles. The van der Waals surface area contributed by atoms with Crippen LogP contribution in [0.2, 0.25) is 0 Å². The minimum absolute atomic E-state index is 0.0204. The lowest BCUT2D eigenvalue weighted by Crippen LogP contribution is -2.54. The highest BCUT2D eigenvalue weighted by atomic mass is 32.2. The molecule has 1 aliphatic rings. The van der Waals surface area contributed by atoms with Crippen molar-refractivity contribution in [3.05, 3.63) is 30.3 Å². The number of carbonyl (C=O) groups excluding carboxylic acids is 1. The molecule has 1 unspecified atom stereocenters. The van der Waals surface area contributed by atoms with Gasteiger partial charge in [-0.3, -0.25) is 4.79 Å². The number of amides is 1. The van der Waals surface area contributed by atoms with Gasteiger partial charge in [0.25, 0.3) is 0 Å². The summed E-state index contributed by atoms with van der Waals surface area (Å²) in [6.07, 6.45) is 0. The van der Waals surface area contributed by atoms with Gasteiger partial charge in [0, 0.05) is 30.6 Å². The molecule has 1 N–H and O–H groups in total. The summed E-state index contributed by atoms with van der Waals surface area (Å²) in [6, 6.07) is 10.4. The average molecular weight is 264 g/mol. The van der Waals surface area contributed by atoms with E-state index in [0.29, 0.717) is 6.04 Å². The Hall–Kier alpha value is -1.00. The predicted octanol–water partition coefficient (Wildman–Crippen LogP) is 1.99. The van der Waals surface area contributed by atoms with Crippen LogP contribution in [-0.2, 0) is 4.79 Å². The van der Waals surface area contributed by atoms with Crippen molar-refractivity contribution in [2.75, 3.05) is 19.6 Å². The summed E-state index contributed by atoms with van der Waals surface area (Å²) >= 11 is 1.64. The Labute approximate surface area is 113 Å². The Balaban J connectivity index is 1.96. The van der Waals surface area contributed by atoms with E-state index in [2.05, 4.69) is 24.4 Å². The highest BCUT2D eigenvalue weighted by molar-refractivity contribution is 8.00. The van der Waals surface area contributed by atoms with Crippen LogP contribution in [0.25, 0.3) is 0 Å². The van der Waals surface area contributed by atoms with Crippen molar-refractivity contribution < 1.29 is 4.79 Å². The standard InChI is InChI=1S/C14H20N2OS/c1-11-10-15-8-9-16(11)14(17)12(2)18-13-6-4-3-5-7-13/h3-7,11-12,15H,8-10H2,1-2H3/t11-,12?/m0/s1. The number of carbonyl (C=O) groups is 1. The van der Waals surface area contributed by atoms with E-state index < -0.39 is 0 Å². The lowest BCUT2D eigenvalue weighted by atomic mass is 10.2. The Morgan fingerprint density at radius 3 is 2.83 bits per heavy atom. The second kappa shape index (κ2) is 6.25. The first-order valence-electron chi connectivity index (χ1n) is 6.41. The van der Waals surface area contributed by atoms with Gasteiger partial charge in [0.2, 0.25) is 5.91 Å². The van der Waals surface area contributed by atoms with Crippen molar-refractivity contribution >= 4 is 17.7 Å². The van der Waals surface area contributed by atoms with Crippen LogP contribution in [0, 0.1) is 0 Å². The highest BCUT2D eigenvalue weighted by Crippen LogP contribution is 2.24. The predicted molar refractivity (Wildman–Crippen MR) is 75.8 cm³/mol. The maximum absolute atomic E-state index is 12.4. The normalized spacial score (nSPS) is 21.7. The van der Waals surface area contributed by atoms with Crippen LogP contribution < -0.4 is 5.32 Å². The van der Waals surface area contributed by atoms with E-state index in [9.17, 15) is 4.79 Å². The maximum atomic E-state index is 12.4. The largest absolute Gasteiger partial charge is 0.336 e. The van der Waals surface area contributed by atoms with Gasteiger partial charge in [-0.15, -0.1) is 11.8 Å². The van der Waals surface area contributed by atoms with Crippen LogP contribution >= 0.6 is 11.8 Å². The van der Waals surface area contributed by atoms with E-state index in [-0.39, 0.29) is 11.2 Å². The molecule has 18 heavy (non-hydrogen) atoms. The SMILES string of the molecule is CC(Sc1ccccc1)C(=O)N1CCNC[C@@H]1C. The summed E-state index contributed by atoms with van der Waals surface area (Å²) < 4.78 is 0. The van der Waals surface area contributed by atoms with E-state index in [4.69, 9.17) is 0 Å². The number of rotatable bonds is 3. The molecule has 2 rings (SSSR count). The second-order valence-electron chi connectivity index (χ2n) is 4.66. The molecule has 98 valence electrons. The number of thioether (sulfide) groups is 1. The second-order valence-corrected chi connectivity index (χ2v) is 6.07. The molecule has 1 aromatic rings. The lowest BCUT2D eigenvalue weighted by Gasteiger charge is -2.35. The van der Waals surface area contributed by atoms with Gasteiger partial charge in [-0.2, -0.15) is 0 Å². The van der Waals surface area contributed by atoms with E-state index >= 15 is 0 Å². The first-order chi connectivity index (χ1) is 8.68. The number of nitrogens with one attached hydrogen (secondary N) is 1. The van der Waals surface area contributed by atoms with Gasteiger partial charge in [0.15, 0.2) is 0 Å². The fraction of sp³-hybridized carbons (Fsp3) is 0.500. The van der Waals surface area contributed by atoms with E-state index in [0.717, 1.165) is 24.5 Å². The van der Waals surface area contributed by atoms with Crippen molar-refractivity contribution in [3.8, 4) is 0 Å². The quantitative estimate of drug-likeness (QED) is 0.847. The summed E-state index contributed by atoms with van der Waals surface area (Å²) in [4.78, 5) is 15.5. The first-order valence-corrected chi connectivity index (χ1v) is 7.29. The fourth-order valence-electron chi connectivity index (χ4n) is 2.16. The van der Waals surface area contributed by atoms with Crippen LogP contribution in [0.4, 0.5) is 0 Å². The van der Waals surface area contributed by atoms with E-state index in [1.807, 2.05) is 30.0 Å². The summed E-state index contributed by atoms with van der Waals surface area (Å²) in [5.74, 6) is 0.248. The van der Waals surface area contributed by atoms with E-state index in [1.165, 1.54) is 0 Å². The number of benzene rings is 1. The van der Waals surface area contributed by atoms with Crippen LogP contribution in [0.5, 0.6) is 0 Å². The minimum Gasteiger partial charge on any atom is -0.336 e. The molecule has 1 saturated heterocycles. The van der Waals surface area contributed by atoms with Crippen molar-refractivity contribution in [1.82, 2.24) is 10.2 Å². The molecular weight excluding hydrogens is 244 g/mol. The van der Waals surface area contributed by atoms with Crippen molar-refractivity contribution in [1.29, 1.82) is 0 Å². The molecule has 2 atom stereocenters. The smallest absolute Gasteiger partial charge is 0.236 e. The van der Waals surface area contributed by atoms with E-state index in [1.54, 1.807) is 11.8 Å². The average Bonchev–Trinajstić information content (AvgIpc) is 2.39. The van der Waals surface area contributed by atoms with Crippen LogP contribution in [0.15, 0.2) is 35.2 Å². The molecule has 1 fully saturated rings. The van der Waals surface area contributed by atoms with Crippen LogP contribution in [-0.4, -0.2) is 41.7 Å². The van der Waals surface area contributed by atoms with Crippen LogP contribution in [0.3, 0.4) is 0 Å². The number of hydrogen-bond donors (Lipinski definition) is 1. The molecule has 0 radical (unpaired) electrons. The number of piperazine rings is 1. The van der Waals surface area contributed by atoms with Gasteiger partial charge < -0.3 is 10.2 Å². The summed E-state index contributed by atoms with van der Waals surface area (Å²) in [5.41, 5.74) is 0. The summed E-state index contributed by atoms with van der Waals surface area (Å²) in [5, 5.41) is 3.29. The highest BCUT2D eigenvalue weighted by Gasteiger charge is 2.27. The molecule has 0 spiro atoms. The molecule has 1 amide bonds. The summed E-state index contributed by atoms with van der Waals surface area (Å²) in [6.45, 7) is 6.71. The minimum atomic E-state index is -0.0204. The first kappa shape index (κ1) is 13.4. The molecule has 0 saturated carbocycles. The fourth-order valence-corrected chi connectivity index (χ4v) is 3.11. The van der Waals surface area contributed by atoms with Gasteiger partial charge in [-0.1, -0.05) is 18.2 Å². The van der Waals surface area contributed by atoms with Gasteiger partial charge >= 0.3 is 0 Å². The van der Waals surface area contributed by atoms with Gasteiger partial charge in [-0.25, -0.2) is 0 Å². The Morgan fingerprint density at radius 2 is 2.17 bits per heavy atom. The topological polar surface area (TPSA) is 32.3 Å². The molecule has 1 aliphatic heterocycles. The third-order valence-electron chi connectivity index (χ3n) is 3.19. The monoisotopic (exact) mass is 264 g/mol. The number of hydrogen-bond acceptors (Lipinski definition) is 3. The molecule has 3 nitrogen and oxygen atoms in total. The van der Waals surface area contributed by atoms with Crippen molar-refractivity contribution in [2.45, 2.75) is 30.0 Å². The third-order valence-corrected chi connectivity index (χ3v) is 4.29. The third kappa shape index (κ3) is 3.27. The maximum Gasteiger partial charge on any atom is 0.236 e. The van der Waals surface area contributed by atoms with Crippen molar-refractivity contribution in [2.24, 2.45) is 0 Å². The zero-order valence-corrected chi connectivity index (χ0v) is 11.7. The molecule has 4 heteroatoms. The van der Waals surface area contributed by atoms with Gasteiger partial charge in [-0.05, 0) is 26.0 Å².